The van der Waals surface area contributed by atoms with Crippen LogP contribution >= 0.6 is 11.3 Å². The second-order valence-corrected chi connectivity index (χ2v) is 7.93. The van der Waals surface area contributed by atoms with Gasteiger partial charge in [0.15, 0.2) is 0 Å². The van der Waals surface area contributed by atoms with Gasteiger partial charge in [-0.15, -0.1) is 0 Å². The molecule has 146 valence electrons. The minimum Gasteiger partial charge on any atom is -0.378 e. The number of pyridine rings is 2. The number of rotatable bonds is 7. The largest absolute Gasteiger partial charge is 0.378 e. The summed E-state index contributed by atoms with van der Waals surface area (Å²) in [6.45, 7) is 6.21. The van der Waals surface area contributed by atoms with Crippen LogP contribution in [0.25, 0.3) is 0 Å². The Bertz CT molecular complexity index is 843. The third-order valence-corrected chi connectivity index (χ3v) is 5.74. The Kier molecular flexibility index (Phi) is 6.31. The Morgan fingerprint density at radius 1 is 1.07 bits per heavy atom. The Balaban J connectivity index is 1.42. The van der Waals surface area contributed by atoms with E-state index in [0.717, 1.165) is 50.8 Å². The van der Waals surface area contributed by atoms with E-state index in [-0.39, 0.29) is 6.04 Å². The highest BCUT2D eigenvalue weighted by Gasteiger charge is 2.15. The SMILES string of the molecule is Cc1ccc(C(Cc2ccsc2)NCc2ccc(N3CCOCC3)nc2)nc1. The first-order chi connectivity index (χ1) is 13.8. The van der Waals surface area contributed by atoms with Crippen LogP contribution in [0.2, 0.25) is 0 Å². The van der Waals surface area contributed by atoms with Crippen molar-refractivity contribution in [3.63, 3.8) is 0 Å². The van der Waals surface area contributed by atoms with Gasteiger partial charge in [-0.1, -0.05) is 12.1 Å². The van der Waals surface area contributed by atoms with E-state index in [9.17, 15) is 0 Å². The molecule has 0 spiro atoms. The Morgan fingerprint density at radius 2 is 1.96 bits per heavy atom. The molecule has 1 unspecified atom stereocenters. The summed E-state index contributed by atoms with van der Waals surface area (Å²) in [5, 5.41) is 8.02. The zero-order valence-corrected chi connectivity index (χ0v) is 17.0. The van der Waals surface area contributed by atoms with Crippen molar-refractivity contribution in [2.24, 2.45) is 0 Å². The lowest BCUT2D eigenvalue weighted by molar-refractivity contribution is 0.122. The lowest BCUT2D eigenvalue weighted by Gasteiger charge is -2.27. The number of aryl methyl sites for hydroxylation is 1. The third-order valence-electron chi connectivity index (χ3n) is 5.01. The van der Waals surface area contributed by atoms with Gasteiger partial charge in [-0.05, 0) is 59.0 Å². The molecule has 1 aliphatic heterocycles. The van der Waals surface area contributed by atoms with Crippen LogP contribution in [-0.2, 0) is 17.7 Å². The average molecular weight is 395 g/mol. The van der Waals surface area contributed by atoms with Crippen molar-refractivity contribution >= 4 is 17.2 Å². The predicted molar refractivity (Wildman–Crippen MR) is 114 cm³/mol. The van der Waals surface area contributed by atoms with Crippen molar-refractivity contribution in [2.45, 2.75) is 25.9 Å². The highest BCUT2D eigenvalue weighted by Crippen LogP contribution is 2.20. The summed E-state index contributed by atoms with van der Waals surface area (Å²) in [4.78, 5) is 11.6. The number of thiophene rings is 1. The number of anilines is 1. The molecule has 1 fully saturated rings. The highest BCUT2D eigenvalue weighted by molar-refractivity contribution is 7.07. The number of aromatic nitrogens is 2. The lowest BCUT2D eigenvalue weighted by Crippen LogP contribution is -2.36. The van der Waals surface area contributed by atoms with E-state index in [1.165, 1.54) is 16.7 Å². The van der Waals surface area contributed by atoms with Crippen LogP contribution in [0.5, 0.6) is 0 Å². The summed E-state index contributed by atoms with van der Waals surface area (Å²) in [6, 6.07) is 10.9. The van der Waals surface area contributed by atoms with Crippen molar-refractivity contribution in [3.05, 3.63) is 75.9 Å². The van der Waals surface area contributed by atoms with E-state index in [2.05, 4.69) is 68.2 Å². The second kappa shape index (κ2) is 9.28. The molecule has 0 aromatic carbocycles. The molecule has 28 heavy (non-hydrogen) atoms. The molecule has 0 amide bonds. The number of ether oxygens (including phenoxy) is 1. The van der Waals surface area contributed by atoms with Gasteiger partial charge in [-0.3, -0.25) is 4.98 Å². The fourth-order valence-electron chi connectivity index (χ4n) is 3.35. The van der Waals surface area contributed by atoms with Gasteiger partial charge in [0.2, 0.25) is 0 Å². The summed E-state index contributed by atoms with van der Waals surface area (Å²) in [6.07, 6.45) is 4.84. The molecule has 0 aliphatic carbocycles. The minimum absolute atomic E-state index is 0.175. The molecule has 1 atom stereocenters. The van der Waals surface area contributed by atoms with Crippen molar-refractivity contribution in [3.8, 4) is 0 Å². The molecular weight excluding hydrogens is 368 g/mol. The van der Waals surface area contributed by atoms with Gasteiger partial charge < -0.3 is 15.0 Å². The summed E-state index contributed by atoms with van der Waals surface area (Å²) in [7, 11) is 0. The van der Waals surface area contributed by atoms with Gasteiger partial charge in [0.1, 0.15) is 5.82 Å². The molecule has 1 saturated heterocycles. The molecule has 6 heteroatoms. The topological polar surface area (TPSA) is 50.3 Å². The van der Waals surface area contributed by atoms with Crippen LogP contribution in [0, 0.1) is 6.92 Å². The van der Waals surface area contributed by atoms with Gasteiger partial charge in [0.05, 0.1) is 24.9 Å². The van der Waals surface area contributed by atoms with Crippen LogP contribution in [0.15, 0.2) is 53.5 Å². The van der Waals surface area contributed by atoms with E-state index >= 15 is 0 Å². The molecule has 0 saturated carbocycles. The van der Waals surface area contributed by atoms with Crippen LogP contribution in [0.3, 0.4) is 0 Å². The van der Waals surface area contributed by atoms with Crippen LogP contribution < -0.4 is 10.2 Å². The predicted octanol–water partition coefficient (Wildman–Crippen LogP) is 3.76. The first-order valence-electron chi connectivity index (χ1n) is 9.72. The molecule has 0 radical (unpaired) electrons. The highest BCUT2D eigenvalue weighted by atomic mass is 32.1. The smallest absolute Gasteiger partial charge is 0.128 e. The van der Waals surface area contributed by atoms with Gasteiger partial charge in [0, 0.05) is 32.0 Å². The molecule has 4 rings (SSSR count). The van der Waals surface area contributed by atoms with Crippen LogP contribution in [-0.4, -0.2) is 36.3 Å². The van der Waals surface area contributed by atoms with Crippen molar-refractivity contribution in [1.82, 2.24) is 15.3 Å². The van der Waals surface area contributed by atoms with Gasteiger partial charge in [0.25, 0.3) is 0 Å². The normalized spacial score (nSPS) is 15.5. The Morgan fingerprint density at radius 3 is 2.64 bits per heavy atom. The molecule has 1 aliphatic rings. The number of nitrogens with zero attached hydrogens (tertiary/aromatic N) is 3. The quantitative estimate of drug-likeness (QED) is 0.661. The zero-order chi connectivity index (χ0) is 19.2. The van der Waals surface area contributed by atoms with Crippen molar-refractivity contribution in [1.29, 1.82) is 0 Å². The fourth-order valence-corrected chi connectivity index (χ4v) is 4.03. The van der Waals surface area contributed by atoms with Crippen molar-refractivity contribution < 1.29 is 4.74 Å². The van der Waals surface area contributed by atoms with E-state index in [0.29, 0.717) is 0 Å². The molecule has 3 aromatic rings. The van der Waals surface area contributed by atoms with Crippen molar-refractivity contribution in [2.75, 3.05) is 31.2 Å². The number of hydrogen-bond donors (Lipinski definition) is 1. The molecule has 4 heterocycles. The van der Waals surface area contributed by atoms with E-state index in [4.69, 9.17) is 4.74 Å². The summed E-state index contributed by atoms with van der Waals surface area (Å²) in [5.74, 6) is 1.03. The maximum absolute atomic E-state index is 5.42. The lowest BCUT2D eigenvalue weighted by atomic mass is 10.0. The van der Waals surface area contributed by atoms with Crippen LogP contribution in [0.4, 0.5) is 5.82 Å². The Hall–Kier alpha value is -2.28. The van der Waals surface area contributed by atoms with Gasteiger partial charge in [-0.25, -0.2) is 4.98 Å². The second-order valence-electron chi connectivity index (χ2n) is 7.15. The summed E-state index contributed by atoms with van der Waals surface area (Å²) < 4.78 is 5.42. The summed E-state index contributed by atoms with van der Waals surface area (Å²) >= 11 is 1.74. The number of nitrogens with one attached hydrogen (secondary N) is 1. The number of hydrogen-bond acceptors (Lipinski definition) is 6. The monoisotopic (exact) mass is 394 g/mol. The van der Waals surface area contributed by atoms with Crippen LogP contribution in [0.1, 0.15) is 28.4 Å². The van der Waals surface area contributed by atoms with E-state index in [1.807, 2.05) is 12.4 Å². The first-order valence-corrected chi connectivity index (χ1v) is 10.7. The first kappa shape index (κ1) is 19.1. The maximum Gasteiger partial charge on any atom is 0.128 e. The number of morpholine rings is 1. The van der Waals surface area contributed by atoms with E-state index < -0.39 is 0 Å². The molecule has 5 nitrogen and oxygen atoms in total. The zero-order valence-electron chi connectivity index (χ0n) is 16.2. The molecular formula is C22H26N4OS. The molecule has 0 bridgehead atoms. The third kappa shape index (κ3) is 4.95. The maximum atomic E-state index is 5.42. The average Bonchev–Trinajstić information content (AvgIpc) is 3.26. The molecule has 3 aromatic heterocycles. The molecule has 1 N–H and O–H groups in total. The minimum atomic E-state index is 0.175. The van der Waals surface area contributed by atoms with Gasteiger partial charge in [-0.2, -0.15) is 11.3 Å². The van der Waals surface area contributed by atoms with Gasteiger partial charge >= 0.3 is 0 Å². The standard InChI is InChI=1S/C22H26N4OS/c1-17-2-4-20(23-13-17)21(12-18-6-11-28-16-18)24-14-19-3-5-22(25-15-19)26-7-9-27-10-8-26/h2-6,11,13,15-16,21,24H,7-10,12,14H2,1H3. The fraction of sp³-hybridized carbons (Fsp3) is 0.364. The summed E-state index contributed by atoms with van der Waals surface area (Å²) in [5.41, 5.74) is 4.78. The van der Waals surface area contributed by atoms with E-state index in [1.54, 1.807) is 11.3 Å². The Labute approximate surface area is 170 Å².